The van der Waals surface area contributed by atoms with Crippen LogP contribution in [0, 0.1) is 0 Å². The van der Waals surface area contributed by atoms with Crippen LogP contribution < -0.4 is 10.1 Å². The Hall–Kier alpha value is -3.08. The van der Waals surface area contributed by atoms with Gasteiger partial charge in [0.15, 0.2) is 5.69 Å². The van der Waals surface area contributed by atoms with Crippen LogP contribution >= 0.6 is 0 Å². The van der Waals surface area contributed by atoms with Crippen molar-refractivity contribution in [3.63, 3.8) is 0 Å². The van der Waals surface area contributed by atoms with Gasteiger partial charge in [-0.1, -0.05) is 30.3 Å². The van der Waals surface area contributed by atoms with E-state index in [9.17, 15) is 4.79 Å². The third-order valence-electron chi connectivity index (χ3n) is 4.24. The Bertz CT molecular complexity index is 855. The number of hydrogen-bond donors (Lipinski definition) is 1. The first-order valence-electron chi connectivity index (χ1n) is 8.75. The first-order valence-corrected chi connectivity index (χ1v) is 8.75. The summed E-state index contributed by atoms with van der Waals surface area (Å²) in [6.07, 6.45) is 0.798. The van der Waals surface area contributed by atoms with Crippen molar-refractivity contribution >= 4 is 5.91 Å². The monoisotopic (exact) mass is 349 g/mol. The van der Waals surface area contributed by atoms with Crippen LogP contribution in [0.15, 0.2) is 60.7 Å². The molecule has 0 aliphatic rings. The number of nitrogens with one attached hydrogen (secondary N) is 1. The molecular formula is C21H23N3O2. The number of hydrogen-bond acceptors (Lipinski definition) is 3. The molecule has 0 radical (unpaired) electrons. The van der Waals surface area contributed by atoms with Gasteiger partial charge in [0.2, 0.25) is 0 Å². The van der Waals surface area contributed by atoms with E-state index in [-0.39, 0.29) is 5.91 Å². The number of nitrogens with zero attached hydrogens (tertiary/aromatic N) is 2. The zero-order chi connectivity index (χ0) is 18.4. The smallest absolute Gasteiger partial charge is 0.271 e. The van der Waals surface area contributed by atoms with E-state index in [1.165, 1.54) is 5.56 Å². The lowest BCUT2D eigenvalue weighted by Crippen LogP contribution is -2.26. The highest BCUT2D eigenvalue weighted by molar-refractivity contribution is 5.93. The zero-order valence-electron chi connectivity index (χ0n) is 15.1. The SMILES string of the molecule is CCn1nc(C(=O)NCCc2ccccc2)cc1-c1ccc(OC)cc1. The molecular weight excluding hydrogens is 326 g/mol. The molecule has 1 aromatic heterocycles. The molecule has 0 atom stereocenters. The molecule has 5 nitrogen and oxygen atoms in total. The van der Waals surface area contributed by atoms with Gasteiger partial charge in [-0.25, -0.2) is 0 Å². The van der Waals surface area contributed by atoms with Crippen molar-refractivity contribution in [3.8, 4) is 17.0 Å². The van der Waals surface area contributed by atoms with Crippen molar-refractivity contribution in [2.24, 2.45) is 0 Å². The highest BCUT2D eigenvalue weighted by atomic mass is 16.5. The van der Waals surface area contributed by atoms with E-state index in [4.69, 9.17) is 4.74 Å². The van der Waals surface area contributed by atoms with E-state index in [0.29, 0.717) is 18.8 Å². The van der Waals surface area contributed by atoms with Crippen molar-refractivity contribution in [2.75, 3.05) is 13.7 Å². The highest BCUT2D eigenvalue weighted by Gasteiger charge is 2.14. The summed E-state index contributed by atoms with van der Waals surface area (Å²) in [4.78, 5) is 12.4. The number of ether oxygens (including phenoxy) is 1. The summed E-state index contributed by atoms with van der Waals surface area (Å²) < 4.78 is 7.04. The lowest BCUT2D eigenvalue weighted by atomic mass is 10.1. The molecule has 0 fully saturated rings. The molecule has 3 aromatic rings. The van der Waals surface area contributed by atoms with Crippen LogP contribution in [0.1, 0.15) is 23.0 Å². The Morgan fingerprint density at radius 2 is 1.85 bits per heavy atom. The molecule has 3 rings (SSSR count). The Morgan fingerprint density at radius 3 is 2.50 bits per heavy atom. The average Bonchev–Trinajstić information content (AvgIpc) is 3.13. The Kier molecular flexibility index (Phi) is 5.69. The van der Waals surface area contributed by atoms with E-state index in [1.54, 1.807) is 7.11 Å². The molecule has 0 spiro atoms. The molecule has 134 valence electrons. The Balaban J connectivity index is 1.69. The van der Waals surface area contributed by atoms with Gasteiger partial charge in [0.05, 0.1) is 12.8 Å². The molecule has 2 aromatic carbocycles. The predicted molar refractivity (Wildman–Crippen MR) is 102 cm³/mol. The normalized spacial score (nSPS) is 10.5. The largest absolute Gasteiger partial charge is 0.497 e. The number of carbonyl (C=O) groups is 1. The van der Waals surface area contributed by atoms with Gasteiger partial charge in [0.1, 0.15) is 5.75 Å². The van der Waals surface area contributed by atoms with E-state index in [2.05, 4.69) is 22.5 Å². The van der Waals surface area contributed by atoms with Gasteiger partial charge < -0.3 is 10.1 Å². The highest BCUT2D eigenvalue weighted by Crippen LogP contribution is 2.23. The minimum Gasteiger partial charge on any atom is -0.497 e. The average molecular weight is 349 g/mol. The minimum absolute atomic E-state index is 0.150. The number of benzene rings is 2. The second-order valence-corrected chi connectivity index (χ2v) is 5.95. The van der Waals surface area contributed by atoms with Crippen LogP contribution in [-0.4, -0.2) is 29.3 Å². The number of methoxy groups -OCH3 is 1. The van der Waals surface area contributed by atoms with Crippen molar-refractivity contribution in [1.29, 1.82) is 0 Å². The Morgan fingerprint density at radius 1 is 1.12 bits per heavy atom. The molecule has 0 unspecified atom stereocenters. The van der Waals surface area contributed by atoms with Gasteiger partial charge in [0, 0.05) is 18.7 Å². The molecule has 1 N–H and O–H groups in total. The van der Waals surface area contributed by atoms with Crippen LogP contribution in [-0.2, 0) is 13.0 Å². The summed E-state index contributed by atoms with van der Waals surface area (Å²) in [6, 6.07) is 19.7. The summed E-state index contributed by atoms with van der Waals surface area (Å²) in [7, 11) is 1.64. The fraction of sp³-hybridized carbons (Fsp3) is 0.238. The van der Waals surface area contributed by atoms with Crippen LogP contribution in [0.2, 0.25) is 0 Å². The van der Waals surface area contributed by atoms with Gasteiger partial charge in [-0.15, -0.1) is 0 Å². The maximum absolute atomic E-state index is 12.4. The summed E-state index contributed by atoms with van der Waals surface area (Å²) in [5.74, 6) is 0.651. The second kappa shape index (κ2) is 8.34. The number of carbonyl (C=O) groups excluding carboxylic acids is 1. The van der Waals surface area contributed by atoms with Crippen LogP contribution in [0.4, 0.5) is 0 Å². The minimum atomic E-state index is -0.150. The lowest BCUT2D eigenvalue weighted by molar-refractivity contribution is 0.0948. The number of amides is 1. The van der Waals surface area contributed by atoms with Crippen molar-refractivity contribution in [2.45, 2.75) is 19.9 Å². The molecule has 26 heavy (non-hydrogen) atoms. The second-order valence-electron chi connectivity index (χ2n) is 5.95. The predicted octanol–water partition coefficient (Wildman–Crippen LogP) is 3.55. The molecule has 0 aliphatic heterocycles. The molecule has 1 amide bonds. The summed E-state index contributed by atoms with van der Waals surface area (Å²) >= 11 is 0. The van der Waals surface area contributed by atoms with Crippen LogP contribution in [0.25, 0.3) is 11.3 Å². The van der Waals surface area contributed by atoms with Crippen molar-refractivity contribution in [3.05, 3.63) is 71.9 Å². The van der Waals surface area contributed by atoms with Crippen LogP contribution in [0.3, 0.4) is 0 Å². The number of aromatic nitrogens is 2. The topological polar surface area (TPSA) is 56.2 Å². The van der Waals surface area contributed by atoms with Gasteiger partial charge in [-0.2, -0.15) is 5.10 Å². The quantitative estimate of drug-likeness (QED) is 0.710. The summed E-state index contributed by atoms with van der Waals surface area (Å²) in [6.45, 7) is 3.29. The van der Waals surface area contributed by atoms with Gasteiger partial charge >= 0.3 is 0 Å². The van der Waals surface area contributed by atoms with E-state index in [0.717, 1.165) is 23.4 Å². The third-order valence-corrected chi connectivity index (χ3v) is 4.24. The fourth-order valence-electron chi connectivity index (χ4n) is 2.82. The molecule has 5 heteroatoms. The van der Waals surface area contributed by atoms with E-state index >= 15 is 0 Å². The molecule has 0 bridgehead atoms. The molecule has 0 aliphatic carbocycles. The molecule has 0 saturated heterocycles. The van der Waals surface area contributed by atoms with E-state index in [1.807, 2.05) is 60.1 Å². The van der Waals surface area contributed by atoms with Crippen LogP contribution in [0.5, 0.6) is 5.75 Å². The third kappa shape index (κ3) is 4.11. The first-order chi connectivity index (χ1) is 12.7. The standard InChI is InChI=1S/C21H23N3O2/c1-3-24-20(17-9-11-18(26-2)12-10-17)15-19(23-24)21(25)22-14-13-16-7-5-4-6-8-16/h4-12,15H,3,13-14H2,1-2H3,(H,22,25). The van der Waals surface area contributed by atoms with E-state index < -0.39 is 0 Å². The maximum atomic E-state index is 12.4. The number of rotatable bonds is 7. The maximum Gasteiger partial charge on any atom is 0.271 e. The Labute approximate surface area is 153 Å². The first kappa shape index (κ1) is 17.7. The summed E-state index contributed by atoms with van der Waals surface area (Å²) in [5.41, 5.74) is 3.56. The zero-order valence-corrected chi connectivity index (χ0v) is 15.1. The lowest BCUT2D eigenvalue weighted by Gasteiger charge is -2.05. The molecule has 1 heterocycles. The fourth-order valence-corrected chi connectivity index (χ4v) is 2.82. The van der Waals surface area contributed by atoms with Gasteiger partial charge in [-0.05, 0) is 49.2 Å². The number of aryl methyl sites for hydroxylation is 1. The van der Waals surface area contributed by atoms with Gasteiger partial charge in [-0.3, -0.25) is 9.48 Å². The van der Waals surface area contributed by atoms with Crippen molar-refractivity contribution < 1.29 is 9.53 Å². The van der Waals surface area contributed by atoms with Gasteiger partial charge in [0.25, 0.3) is 5.91 Å². The summed E-state index contributed by atoms with van der Waals surface area (Å²) in [5, 5.41) is 7.39. The van der Waals surface area contributed by atoms with Crippen molar-refractivity contribution in [1.82, 2.24) is 15.1 Å². The molecule has 0 saturated carbocycles.